The van der Waals surface area contributed by atoms with Crippen LogP contribution in [0.1, 0.15) is 17.5 Å². The molecule has 0 spiro atoms. The van der Waals surface area contributed by atoms with Gasteiger partial charge in [-0.25, -0.2) is 0 Å². The second-order valence-corrected chi connectivity index (χ2v) is 5.29. The number of methoxy groups -OCH3 is 1. The first-order valence-electron chi connectivity index (χ1n) is 7.93. The van der Waals surface area contributed by atoms with Gasteiger partial charge in [0.15, 0.2) is 5.96 Å². The summed E-state index contributed by atoms with van der Waals surface area (Å²) in [5.74, 6) is 1.74. The number of aryl methyl sites for hydroxylation is 1. The molecule has 0 saturated carbocycles. The lowest BCUT2D eigenvalue weighted by atomic mass is 10.1. The topological polar surface area (TPSA) is 45.7 Å². The van der Waals surface area contributed by atoms with Crippen molar-refractivity contribution in [3.05, 3.63) is 65.7 Å². The number of benzene rings is 2. The van der Waals surface area contributed by atoms with Gasteiger partial charge in [0, 0.05) is 20.1 Å². The lowest BCUT2D eigenvalue weighted by Gasteiger charge is -2.12. The van der Waals surface area contributed by atoms with Crippen LogP contribution in [0, 0.1) is 0 Å². The van der Waals surface area contributed by atoms with Gasteiger partial charge in [0.05, 0.1) is 7.11 Å². The number of nitrogens with one attached hydrogen (secondary N) is 2. The Morgan fingerprint density at radius 2 is 1.70 bits per heavy atom. The minimum absolute atomic E-state index is 0.777. The summed E-state index contributed by atoms with van der Waals surface area (Å²) >= 11 is 0. The average molecular weight is 311 g/mol. The number of ether oxygens (including phenoxy) is 1. The molecule has 0 aliphatic carbocycles. The third-order valence-corrected chi connectivity index (χ3v) is 3.62. The van der Waals surface area contributed by atoms with Crippen LogP contribution in [-0.4, -0.2) is 26.7 Å². The van der Waals surface area contributed by atoms with Crippen LogP contribution >= 0.6 is 0 Å². The van der Waals surface area contributed by atoms with Crippen molar-refractivity contribution in [1.82, 2.24) is 10.6 Å². The Kier molecular flexibility index (Phi) is 6.98. The highest BCUT2D eigenvalue weighted by Gasteiger charge is 1.99. The number of aliphatic imine (C=N–C) groups is 1. The van der Waals surface area contributed by atoms with E-state index in [1.54, 1.807) is 14.2 Å². The molecule has 2 aromatic rings. The third kappa shape index (κ3) is 6.02. The van der Waals surface area contributed by atoms with E-state index in [9.17, 15) is 0 Å². The summed E-state index contributed by atoms with van der Waals surface area (Å²) in [4.78, 5) is 4.25. The van der Waals surface area contributed by atoms with E-state index in [2.05, 4.69) is 39.9 Å². The van der Waals surface area contributed by atoms with Gasteiger partial charge in [0.2, 0.25) is 0 Å². The Morgan fingerprint density at radius 3 is 2.35 bits per heavy atom. The largest absolute Gasteiger partial charge is 0.497 e. The van der Waals surface area contributed by atoms with Crippen molar-refractivity contribution < 1.29 is 4.74 Å². The van der Waals surface area contributed by atoms with E-state index in [-0.39, 0.29) is 0 Å². The van der Waals surface area contributed by atoms with Gasteiger partial charge in [-0.05, 0) is 36.1 Å². The van der Waals surface area contributed by atoms with Crippen molar-refractivity contribution in [2.45, 2.75) is 19.4 Å². The molecule has 4 nitrogen and oxygen atoms in total. The van der Waals surface area contributed by atoms with E-state index < -0.39 is 0 Å². The molecule has 0 unspecified atom stereocenters. The highest BCUT2D eigenvalue weighted by atomic mass is 16.5. The molecule has 2 rings (SSSR count). The number of nitrogens with zero attached hydrogens (tertiary/aromatic N) is 1. The second-order valence-electron chi connectivity index (χ2n) is 5.29. The molecule has 2 aromatic carbocycles. The molecule has 0 atom stereocenters. The molecule has 0 saturated heterocycles. The number of rotatable bonds is 7. The predicted octanol–water partition coefficient (Wildman–Crippen LogP) is 2.99. The maximum absolute atomic E-state index is 5.17. The van der Waals surface area contributed by atoms with Gasteiger partial charge in [0.1, 0.15) is 5.75 Å². The molecule has 0 radical (unpaired) electrons. The molecule has 0 fully saturated rings. The van der Waals surface area contributed by atoms with E-state index >= 15 is 0 Å². The summed E-state index contributed by atoms with van der Waals surface area (Å²) in [6.45, 7) is 1.67. The van der Waals surface area contributed by atoms with Crippen LogP contribution in [0.25, 0.3) is 0 Å². The van der Waals surface area contributed by atoms with Gasteiger partial charge in [-0.3, -0.25) is 4.99 Å². The molecular weight excluding hydrogens is 286 g/mol. The standard InChI is InChI=1S/C19H25N3O/c1-20-19(22-15-17-7-4-3-5-8-17)21-14-6-9-16-10-12-18(23-2)13-11-16/h3-5,7-8,10-13H,6,9,14-15H2,1-2H3,(H2,20,21,22). The Hall–Kier alpha value is -2.49. The Labute approximate surface area is 138 Å². The quantitative estimate of drug-likeness (QED) is 0.469. The number of hydrogen-bond donors (Lipinski definition) is 2. The lowest BCUT2D eigenvalue weighted by Crippen LogP contribution is -2.37. The van der Waals surface area contributed by atoms with Crippen LogP contribution < -0.4 is 15.4 Å². The lowest BCUT2D eigenvalue weighted by molar-refractivity contribution is 0.414. The smallest absolute Gasteiger partial charge is 0.191 e. The van der Waals surface area contributed by atoms with Crippen LogP contribution in [0.3, 0.4) is 0 Å². The molecule has 2 N–H and O–H groups in total. The normalized spacial score (nSPS) is 11.1. The van der Waals surface area contributed by atoms with Crippen molar-refractivity contribution in [2.24, 2.45) is 4.99 Å². The fourth-order valence-electron chi connectivity index (χ4n) is 2.29. The van der Waals surface area contributed by atoms with Gasteiger partial charge >= 0.3 is 0 Å². The zero-order valence-corrected chi connectivity index (χ0v) is 13.9. The van der Waals surface area contributed by atoms with Crippen LogP contribution in [0.5, 0.6) is 5.75 Å². The Morgan fingerprint density at radius 1 is 0.957 bits per heavy atom. The van der Waals surface area contributed by atoms with E-state index in [0.717, 1.165) is 37.6 Å². The van der Waals surface area contributed by atoms with Crippen LogP contribution in [-0.2, 0) is 13.0 Å². The maximum Gasteiger partial charge on any atom is 0.191 e. The van der Waals surface area contributed by atoms with E-state index in [4.69, 9.17) is 4.74 Å². The fraction of sp³-hybridized carbons (Fsp3) is 0.316. The number of guanidine groups is 1. The fourth-order valence-corrected chi connectivity index (χ4v) is 2.29. The minimum Gasteiger partial charge on any atom is -0.497 e. The zero-order chi connectivity index (χ0) is 16.3. The molecule has 23 heavy (non-hydrogen) atoms. The summed E-state index contributed by atoms with van der Waals surface area (Å²) in [7, 11) is 3.48. The van der Waals surface area contributed by atoms with Crippen LogP contribution in [0.15, 0.2) is 59.6 Å². The first-order chi connectivity index (χ1) is 11.3. The summed E-state index contributed by atoms with van der Waals surface area (Å²) < 4.78 is 5.17. The molecule has 4 heteroatoms. The van der Waals surface area contributed by atoms with E-state index in [0.29, 0.717) is 0 Å². The van der Waals surface area contributed by atoms with Crippen molar-refractivity contribution in [3.63, 3.8) is 0 Å². The summed E-state index contributed by atoms with van der Waals surface area (Å²) in [5, 5.41) is 6.67. The zero-order valence-electron chi connectivity index (χ0n) is 13.9. The molecule has 0 aromatic heterocycles. The van der Waals surface area contributed by atoms with Crippen molar-refractivity contribution >= 4 is 5.96 Å². The Bertz CT molecular complexity index is 594. The maximum atomic E-state index is 5.17. The molecule has 0 heterocycles. The van der Waals surface area contributed by atoms with Gasteiger partial charge in [0.25, 0.3) is 0 Å². The Balaban J connectivity index is 1.67. The summed E-state index contributed by atoms with van der Waals surface area (Å²) in [6.07, 6.45) is 2.09. The molecular formula is C19H25N3O. The highest BCUT2D eigenvalue weighted by Crippen LogP contribution is 2.12. The first kappa shape index (κ1) is 16.9. The monoisotopic (exact) mass is 311 g/mol. The summed E-state index contributed by atoms with van der Waals surface area (Å²) in [5.41, 5.74) is 2.56. The van der Waals surface area contributed by atoms with Gasteiger partial charge in [-0.1, -0.05) is 42.5 Å². The van der Waals surface area contributed by atoms with Crippen LogP contribution in [0.4, 0.5) is 0 Å². The molecule has 0 amide bonds. The second kappa shape index (κ2) is 9.51. The predicted molar refractivity (Wildman–Crippen MR) is 96.0 cm³/mol. The first-order valence-corrected chi connectivity index (χ1v) is 7.93. The molecule has 0 aliphatic rings. The van der Waals surface area contributed by atoms with Crippen molar-refractivity contribution in [3.8, 4) is 5.75 Å². The van der Waals surface area contributed by atoms with Gasteiger partial charge < -0.3 is 15.4 Å². The SMILES string of the molecule is CN=C(NCCCc1ccc(OC)cc1)NCc1ccccc1. The number of hydrogen-bond acceptors (Lipinski definition) is 2. The summed E-state index contributed by atoms with van der Waals surface area (Å²) in [6, 6.07) is 18.5. The van der Waals surface area contributed by atoms with Gasteiger partial charge in [-0.2, -0.15) is 0 Å². The van der Waals surface area contributed by atoms with Crippen molar-refractivity contribution in [1.29, 1.82) is 0 Å². The van der Waals surface area contributed by atoms with E-state index in [1.165, 1.54) is 11.1 Å². The van der Waals surface area contributed by atoms with Crippen LogP contribution in [0.2, 0.25) is 0 Å². The molecule has 122 valence electrons. The minimum atomic E-state index is 0.777. The highest BCUT2D eigenvalue weighted by molar-refractivity contribution is 5.79. The third-order valence-electron chi connectivity index (χ3n) is 3.62. The average Bonchev–Trinajstić information content (AvgIpc) is 2.62. The molecule has 0 bridgehead atoms. The van der Waals surface area contributed by atoms with Crippen molar-refractivity contribution in [2.75, 3.05) is 20.7 Å². The molecule has 0 aliphatic heterocycles. The van der Waals surface area contributed by atoms with Gasteiger partial charge in [-0.15, -0.1) is 0 Å². The van der Waals surface area contributed by atoms with E-state index in [1.807, 2.05) is 30.3 Å².